The van der Waals surface area contributed by atoms with Gasteiger partial charge in [-0.15, -0.1) is 0 Å². The van der Waals surface area contributed by atoms with Crippen LogP contribution >= 0.6 is 0 Å². The molecule has 22 heavy (non-hydrogen) atoms. The van der Waals surface area contributed by atoms with Gasteiger partial charge in [-0.1, -0.05) is 12.1 Å². The molecule has 0 bridgehead atoms. The van der Waals surface area contributed by atoms with Crippen LogP contribution in [0, 0.1) is 12.7 Å². The monoisotopic (exact) mass is 304 g/mol. The molecule has 2 rings (SSSR count). The van der Waals surface area contributed by atoms with Crippen molar-refractivity contribution in [3.63, 3.8) is 0 Å². The molecule has 0 radical (unpaired) electrons. The Balaban J connectivity index is 1.69. The summed E-state index contributed by atoms with van der Waals surface area (Å²) in [5.74, 6) is -0.605. The lowest BCUT2D eigenvalue weighted by Gasteiger charge is -2.07. The molecule has 116 valence electrons. The Morgan fingerprint density at radius 3 is 2.73 bits per heavy atom. The van der Waals surface area contributed by atoms with Crippen LogP contribution in [0.4, 0.5) is 4.39 Å². The molecule has 0 aliphatic rings. The summed E-state index contributed by atoms with van der Waals surface area (Å²) in [7, 11) is 0. The van der Waals surface area contributed by atoms with Crippen LogP contribution in [0.1, 0.15) is 28.1 Å². The molecular weight excluding hydrogens is 287 g/mol. The SMILES string of the molecule is Cc1cc(CNC(=O)CCNC(=O)c2ccco2)ccc1F. The number of benzene rings is 1. The highest BCUT2D eigenvalue weighted by Crippen LogP contribution is 2.08. The van der Waals surface area contributed by atoms with Gasteiger partial charge in [0, 0.05) is 19.5 Å². The zero-order valence-corrected chi connectivity index (χ0v) is 12.2. The summed E-state index contributed by atoms with van der Waals surface area (Å²) < 4.78 is 18.1. The van der Waals surface area contributed by atoms with E-state index in [0.717, 1.165) is 5.56 Å². The van der Waals surface area contributed by atoms with E-state index >= 15 is 0 Å². The van der Waals surface area contributed by atoms with Crippen LogP contribution in [0.2, 0.25) is 0 Å². The van der Waals surface area contributed by atoms with E-state index in [-0.39, 0.29) is 36.4 Å². The Hall–Kier alpha value is -2.63. The first-order valence-corrected chi connectivity index (χ1v) is 6.89. The third-order valence-electron chi connectivity index (χ3n) is 3.09. The Labute approximate surface area is 127 Å². The molecule has 0 fully saturated rings. The zero-order valence-electron chi connectivity index (χ0n) is 12.2. The summed E-state index contributed by atoms with van der Waals surface area (Å²) in [6.45, 7) is 2.21. The molecule has 0 unspecified atom stereocenters. The van der Waals surface area contributed by atoms with E-state index in [0.29, 0.717) is 12.1 Å². The summed E-state index contributed by atoms with van der Waals surface area (Å²) in [6.07, 6.45) is 1.57. The van der Waals surface area contributed by atoms with E-state index in [9.17, 15) is 14.0 Å². The van der Waals surface area contributed by atoms with Gasteiger partial charge in [0.25, 0.3) is 5.91 Å². The van der Waals surface area contributed by atoms with Crippen LogP contribution in [0.5, 0.6) is 0 Å². The Bertz CT molecular complexity index is 653. The van der Waals surface area contributed by atoms with Gasteiger partial charge in [0.2, 0.25) is 5.91 Å². The van der Waals surface area contributed by atoms with Crippen LogP contribution in [-0.2, 0) is 11.3 Å². The number of halogens is 1. The minimum absolute atomic E-state index is 0.159. The van der Waals surface area contributed by atoms with Gasteiger partial charge in [0.05, 0.1) is 6.26 Å². The number of hydrogen-bond acceptors (Lipinski definition) is 3. The van der Waals surface area contributed by atoms with Crippen molar-refractivity contribution in [1.82, 2.24) is 10.6 Å². The fourth-order valence-electron chi connectivity index (χ4n) is 1.89. The third-order valence-corrected chi connectivity index (χ3v) is 3.09. The highest BCUT2D eigenvalue weighted by molar-refractivity contribution is 5.91. The van der Waals surface area contributed by atoms with Gasteiger partial charge >= 0.3 is 0 Å². The first kappa shape index (κ1) is 15.8. The van der Waals surface area contributed by atoms with Crippen molar-refractivity contribution in [3.8, 4) is 0 Å². The molecule has 1 heterocycles. The maximum atomic E-state index is 13.1. The van der Waals surface area contributed by atoms with Crippen molar-refractivity contribution in [3.05, 3.63) is 59.3 Å². The number of aryl methyl sites for hydroxylation is 1. The second-order valence-electron chi connectivity index (χ2n) is 4.84. The van der Waals surface area contributed by atoms with Crippen molar-refractivity contribution in [2.45, 2.75) is 19.9 Å². The average Bonchev–Trinajstić information content (AvgIpc) is 3.03. The van der Waals surface area contributed by atoms with E-state index in [4.69, 9.17) is 4.42 Å². The van der Waals surface area contributed by atoms with Gasteiger partial charge in [-0.2, -0.15) is 0 Å². The predicted octanol–water partition coefficient (Wildman–Crippen LogP) is 2.16. The van der Waals surface area contributed by atoms with E-state index < -0.39 is 0 Å². The van der Waals surface area contributed by atoms with Gasteiger partial charge in [-0.3, -0.25) is 9.59 Å². The van der Waals surface area contributed by atoms with Crippen LogP contribution in [0.15, 0.2) is 41.0 Å². The lowest BCUT2D eigenvalue weighted by molar-refractivity contribution is -0.121. The largest absolute Gasteiger partial charge is 0.459 e. The summed E-state index contributed by atoms with van der Waals surface area (Å²) in [6, 6.07) is 7.86. The normalized spacial score (nSPS) is 10.3. The molecule has 2 amide bonds. The third kappa shape index (κ3) is 4.44. The van der Waals surface area contributed by atoms with E-state index in [1.165, 1.54) is 12.3 Å². The van der Waals surface area contributed by atoms with Crippen LogP contribution in [-0.4, -0.2) is 18.4 Å². The first-order valence-electron chi connectivity index (χ1n) is 6.89. The maximum absolute atomic E-state index is 13.1. The van der Waals surface area contributed by atoms with Crippen LogP contribution < -0.4 is 10.6 Å². The Morgan fingerprint density at radius 1 is 1.23 bits per heavy atom. The van der Waals surface area contributed by atoms with Gasteiger partial charge in [-0.25, -0.2) is 4.39 Å². The number of nitrogens with one attached hydrogen (secondary N) is 2. The number of rotatable bonds is 6. The topological polar surface area (TPSA) is 71.3 Å². The number of carbonyl (C=O) groups is 2. The van der Waals surface area contributed by atoms with Crippen molar-refractivity contribution >= 4 is 11.8 Å². The second-order valence-corrected chi connectivity index (χ2v) is 4.84. The molecule has 2 aromatic rings. The minimum Gasteiger partial charge on any atom is -0.459 e. The summed E-state index contributed by atoms with van der Waals surface area (Å²) in [5, 5.41) is 5.31. The molecule has 0 spiro atoms. The van der Waals surface area contributed by atoms with Crippen molar-refractivity contribution in [2.24, 2.45) is 0 Å². The minimum atomic E-state index is -0.355. The van der Waals surface area contributed by atoms with Gasteiger partial charge in [0.1, 0.15) is 5.82 Å². The van der Waals surface area contributed by atoms with Crippen molar-refractivity contribution in [1.29, 1.82) is 0 Å². The standard InChI is InChI=1S/C16H17FN2O3/c1-11-9-12(4-5-13(11)17)10-19-15(20)6-7-18-16(21)14-3-2-8-22-14/h2-5,8-9H,6-7,10H2,1H3,(H,18,21)(H,19,20). The first-order chi connectivity index (χ1) is 10.6. The van der Waals surface area contributed by atoms with E-state index in [2.05, 4.69) is 10.6 Å². The smallest absolute Gasteiger partial charge is 0.286 e. The van der Waals surface area contributed by atoms with Crippen LogP contribution in [0.25, 0.3) is 0 Å². The molecule has 5 nitrogen and oxygen atoms in total. The Morgan fingerprint density at radius 2 is 2.05 bits per heavy atom. The van der Waals surface area contributed by atoms with Crippen LogP contribution in [0.3, 0.4) is 0 Å². The van der Waals surface area contributed by atoms with Gasteiger partial charge < -0.3 is 15.1 Å². The van der Waals surface area contributed by atoms with Crippen molar-refractivity contribution in [2.75, 3.05) is 6.54 Å². The maximum Gasteiger partial charge on any atom is 0.286 e. The molecule has 0 saturated carbocycles. The Kier molecular flexibility index (Phi) is 5.30. The molecule has 0 atom stereocenters. The summed E-state index contributed by atoms with van der Waals surface area (Å²) in [4.78, 5) is 23.2. The predicted molar refractivity (Wildman–Crippen MR) is 78.6 cm³/mol. The lowest BCUT2D eigenvalue weighted by Crippen LogP contribution is -2.30. The van der Waals surface area contributed by atoms with Gasteiger partial charge in [-0.05, 0) is 36.2 Å². The molecule has 2 N–H and O–H groups in total. The van der Waals surface area contributed by atoms with E-state index in [1.54, 1.807) is 31.2 Å². The fourth-order valence-corrected chi connectivity index (χ4v) is 1.89. The number of hydrogen-bond donors (Lipinski definition) is 2. The van der Waals surface area contributed by atoms with E-state index in [1.807, 2.05) is 0 Å². The summed E-state index contributed by atoms with van der Waals surface area (Å²) in [5.41, 5.74) is 1.37. The molecule has 1 aromatic carbocycles. The quantitative estimate of drug-likeness (QED) is 0.859. The highest BCUT2D eigenvalue weighted by atomic mass is 19.1. The van der Waals surface area contributed by atoms with Gasteiger partial charge in [0.15, 0.2) is 5.76 Å². The zero-order chi connectivity index (χ0) is 15.9. The molecular formula is C16H17FN2O3. The number of furan rings is 1. The molecule has 0 aliphatic carbocycles. The molecule has 0 aliphatic heterocycles. The highest BCUT2D eigenvalue weighted by Gasteiger charge is 2.08. The summed E-state index contributed by atoms with van der Waals surface area (Å²) >= 11 is 0. The number of carbonyl (C=O) groups excluding carboxylic acids is 2. The molecule has 1 aromatic heterocycles. The lowest BCUT2D eigenvalue weighted by atomic mass is 10.1. The number of amides is 2. The fraction of sp³-hybridized carbons (Fsp3) is 0.250. The molecule has 6 heteroatoms. The average molecular weight is 304 g/mol. The molecule has 0 saturated heterocycles. The second kappa shape index (κ2) is 7.40. The van der Waals surface area contributed by atoms with Crippen molar-refractivity contribution < 1.29 is 18.4 Å².